The van der Waals surface area contributed by atoms with E-state index in [1.54, 1.807) is 0 Å². The van der Waals surface area contributed by atoms with Crippen molar-refractivity contribution in [2.24, 2.45) is 17.8 Å². The topological polar surface area (TPSA) is 15.3 Å². The Morgan fingerprint density at radius 3 is 2.44 bits per heavy atom. The standard InChI is InChI=1S/C16H32N2/c1-4-17-16-9-6-13(3)10-15(16)12-18(5-2)11-14-7-8-14/h13-17H,4-12H2,1-3H3. The lowest BCUT2D eigenvalue weighted by Crippen LogP contribution is -2.46. The summed E-state index contributed by atoms with van der Waals surface area (Å²) in [6, 6.07) is 0.777. The van der Waals surface area contributed by atoms with Crippen LogP contribution in [0.15, 0.2) is 0 Å². The largest absolute Gasteiger partial charge is 0.314 e. The van der Waals surface area contributed by atoms with Gasteiger partial charge in [0, 0.05) is 19.1 Å². The minimum atomic E-state index is 0.777. The average molecular weight is 252 g/mol. The predicted molar refractivity (Wildman–Crippen MR) is 78.8 cm³/mol. The first-order chi connectivity index (χ1) is 8.72. The van der Waals surface area contributed by atoms with Gasteiger partial charge in [-0.15, -0.1) is 0 Å². The van der Waals surface area contributed by atoms with Gasteiger partial charge in [-0.3, -0.25) is 0 Å². The van der Waals surface area contributed by atoms with Gasteiger partial charge >= 0.3 is 0 Å². The Hall–Kier alpha value is -0.0800. The minimum Gasteiger partial charge on any atom is -0.314 e. The summed E-state index contributed by atoms with van der Waals surface area (Å²) in [4.78, 5) is 2.71. The quantitative estimate of drug-likeness (QED) is 0.749. The Kier molecular flexibility index (Phi) is 5.50. The summed E-state index contributed by atoms with van der Waals surface area (Å²) >= 11 is 0. The smallest absolute Gasteiger partial charge is 0.0108 e. The van der Waals surface area contributed by atoms with Crippen molar-refractivity contribution in [3.63, 3.8) is 0 Å². The molecule has 106 valence electrons. The average Bonchev–Trinajstić information content (AvgIpc) is 3.16. The van der Waals surface area contributed by atoms with Crippen molar-refractivity contribution in [1.82, 2.24) is 10.2 Å². The first-order valence-electron chi connectivity index (χ1n) is 8.18. The number of nitrogens with zero attached hydrogens (tertiary/aromatic N) is 1. The second kappa shape index (κ2) is 6.91. The van der Waals surface area contributed by atoms with Gasteiger partial charge in [0.05, 0.1) is 0 Å². The van der Waals surface area contributed by atoms with E-state index in [9.17, 15) is 0 Å². The highest BCUT2D eigenvalue weighted by molar-refractivity contribution is 4.86. The summed E-state index contributed by atoms with van der Waals surface area (Å²) in [6.45, 7) is 12.1. The van der Waals surface area contributed by atoms with Crippen LogP contribution < -0.4 is 5.32 Å². The van der Waals surface area contributed by atoms with Gasteiger partial charge in [0.2, 0.25) is 0 Å². The molecule has 2 aliphatic rings. The number of rotatable bonds is 7. The van der Waals surface area contributed by atoms with Crippen molar-refractivity contribution < 1.29 is 0 Å². The molecule has 0 aromatic rings. The van der Waals surface area contributed by atoms with Crippen LogP contribution in [-0.2, 0) is 0 Å². The molecule has 0 bridgehead atoms. The van der Waals surface area contributed by atoms with Gasteiger partial charge in [0.25, 0.3) is 0 Å². The van der Waals surface area contributed by atoms with E-state index >= 15 is 0 Å². The zero-order chi connectivity index (χ0) is 13.0. The van der Waals surface area contributed by atoms with Gasteiger partial charge < -0.3 is 10.2 Å². The Morgan fingerprint density at radius 2 is 1.83 bits per heavy atom. The Balaban J connectivity index is 1.84. The van der Waals surface area contributed by atoms with Crippen molar-refractivity contribution in [3.05, 3.63) is 0 Å². The fraction of sp³-hybridized carbons (Fsp3) is 1.00. The summed E-state index contributed by atoms with van der Waals surface area (Å²) in [5.74, 6) is 2.85. The molecule has 2 nitrogen and oxygen atoms in total. The minimum absolute atomic E-state index is 0.777. The molecule has 18 heavy (non-hydrogen) atoms. The van der Waals surface area contributed by atoms with Crippen molar-refractivity contribution in [3.8, 4) is 0 Å². The molecular weight excluding hydrogens is 220 g/mol. The van der Waals surface area contributed by atoms with Gasteiger partial charge in [0.15, 0.2) is 0 Å². The normalized spacial score (nSPS) is 33.0. The fourth-order valence-electron chi connectivity index (χ4n) is 3.56. The van der Waals surface area contributed by atoms with E-state index in [1.165, 1.54) is 51.7 Å². The third-order valence-corrected chi connectivity index (χ3v) is 4.86. The van der Waals surface area contributed by atoms with E-state index in [1.807, 2.05) is 0 Å². The van der Waals surface area contributed by atoms with Crippen LogP contribution in [0, 0.1) is 17.8 Å². The Morgan fingerprint density at radius 1 is 1.06 bits per heavy atom. The van der Waals surface area contributed by atoms with Crippen LogP contribution >= 0.6 is 0 Å². The molecule has 0 aliphatic heterocycles. The molecular formula is C16H32N2. The summed E-state index contributed by atoms with van der Waals surface area (Å²) in [6.07, 6.45) is 7.20. The third-order valence-electron chi connectivity index (χ3n) is 4.86. The first kappa shape index (κ1) is 14.3. The zero-order valence-electron chi connectivity index (χ0n) is 12.6. The highest BCUT2D eigenvalue weighted by Gasteiger charge is 2.31. The van der Waals surface area contributed by atoms with Crippen LogP contribution in [0.5, 0.6) is 0 Å². The van der Waals surface area contributed by atoms with E-state index in [-0.39, 0.29) is 0 Å². The third kappa shape index (κ3) is 4.24. The molecule has 3 unspecified atom stereocenters. The summed E-state index contributed by atoms with van der Waals surface area (Å²) in [7, 11) is 0. The first-order valence-corrected chi connectivity index (χ1v) is 8.18. The molecule has 1 N–H and O–H groups in total. The zero-order valence-corrected chi connectivity index (χ0v) is 12.6. The van der Waals surface area contributed by atoms with Gasteiger partial charge in [-0.05, 0) is 62.9 Å². The fourth-order valence-corrected chi connectivity index (χ4v) is 3.56. The van der Waals surface area contributed by atoms with Crippen LogP contribution in [0.2, 0.25) is 0 Å². The maximum absolute atomic E-state index is 3.73. The molecule has 2 heteroatoms. The number of hydrogen-bond acceptors (Lipinski definition) is 2. The maximum atomic E-state index is 3.73. The van der Waals surface area contributed by atoms with Gasteiger partial charge in [-0.2, -0.15) is 0 Å². The summed E-state index contributed by atoms with van der Waals surface area (Å²) in [5, 5.41) is 3.73. The molecule has 2 fully saturated rings. The second-order valence-corrected chi connectivity index (χ2v) is 6.64. The SMILES string of the molecule is CCNC1CCC(C)CC1CN(CC)CC1CC1. The summed E-state index contributed by atoms with van der Waals surface area (Å²) < 4.78 is 0. The van der Waals surface area contributed by atoms with E-state index in [4.69, 9.17) is 0 Å². The molecule has 0 amide bonds. The Bertz CT molecular complexity index is 237. The lowest BCUT2D eigenvalue weighted by molar-refractivity contribution is 0.146. The van der Waals surface area contributed by atoms with E-state index < -0.39 is 0 Å². The Labute approximate surface area is 114 Å². The molecule has 0 radical (unpaired) electrons. The van der Waals surface area contributed by atoms with Crippen LogP contribution in [-0.4, -0.2) is 37.1 Å². The van der Waals surface area contributed by atoms with Gasteiger partial charge in [-0.25, -0.2) is 0 Å². The van der Waals surface area contributed by atoms with Crippen molar-refractivity contribution in [1.29, 1.82) is 0 Å². The number of hydrogen-bond donors (Lipinski definition) is 1. The lowest BCUT2D eigenvalue weighted by atomic mass is 9.78. The molecule has 2 saturated carbocycles. The monoisotopic (exact) mass is 252 g/mol. The highest BCUT2D eigenvalue weighted by Crippen LogP contribution is 2.32. The van der Waals surface area contributed by atoms with Crippen LogP contribution in [0.1, 0.15) is 52.9 Å². The van der Waals surface area contributed by atoms with Gasteiger partial charge in [0.1, 0.15) is 0 Å². The summed E-state index contributed by atoms with van der Waals surface area (Å²) in [5.41, 5.74) is 0. The highest BCUT2D eigenvalue weighted by atomic mass is 15.1. The van der Waals surface area contributed by atoms with E-state index in [0.29, 0.717) is 0 Å². The lowest BCUT2D eigenvalue weighted by Gasteiger charge is -2.38. The number of nitrogens with one attached hydrogen (secondary N) is 1. The maximum Gasteiger partial charge on any atom is 0.0108 e. The van der Waals surface area contributed by atoms with Crippen LogP contribution in [0.3, 0.4) is 0 Å². The second-order valence-electron chi connectivity index (χ2n) is 6.64. The van der Waals surface area contributed by atoms with Crippen molar-refractivity contribution in [2.75, 3.05) is 26.2 Å². The van der Waals surface area contributed by atoms with Crippen LogP contribution in [0.25, 0.3) is 0 Å². The van der Waals surface area contributed by atoms with E-state index in [2.05, 4.69) is 31.0 Å². The van der Waals surface area contributed by atoms with Crippen molar-refractivity contribution in [2.45, 2.75) is 58.9 Å². The van der Waals surface area contributed by atoms with E-state index in [0.717, 1.165) is 30.3 Å². The molecule has 2 aliphatic carbocycles. The van der Waals surface area contributed by atoms with Gasteiger partial charge in [-0.1, -0.05) is 20.8 Å². The molecule has 0 spiro atoms. The molecule has 0 aromatic heterocycles. The van der Waals surface area contributed by atoms with Crippen molar-refractivity contribution >= 4 is 0 Å². The molecule has 3 atom stereocenters. The molecule has 0 heterocycles. The molecule has 2 rings (SSSR count). The van der Waals surface area contributed by atoms with Crippen LogP contribution in [0.4, 0.5) is 0 Å². The molecule has 0 saturated heterocycles. The predicted octanol–water partition coefficient (Wildman–Crippen LogP) is 3.13. The molecule has 0 aromatic carbocycles.